The highest BCUT2D eigenvalue weighted by Crippen LogP contribution is 2.18. The molecule has 3 aromatic rings. The van der Waals surface area contributed by atoms with E-state index in [1.807, 2.05) is 62.4 Å². The van der Waals surface area contributed by atoms with Crippen LogP contribution in [0, 0.1) is 13.8 Å². The van der Waals surface area contributed by atoms with Gasteiger partial charge < -0.3 is 0 Å². The number of fused-ring (bicyclic) bond motifs is 1. The molecule has 0 fully saturated rings. The summed E-state index contributed by atoms with van der Waals surface area (Å²) in [5.74, 6) is 0.262. The van der Waals surface area contributed by atoms with Gasteiger partial charge in [0.15, 0.2) is 0 Å². The van der Waals surface area contributed by atoms with E-state index in [1.54, 1.807) is 0 Å². The highest BCUT2D eigenvalue weighted by atomic mass is 16.2. The minimum absolute atomic E-state index is 0.135. The normalized spacial score (nSPS) is 10.5. The van der Waals surface area contributed by atoms with Crippen molar-refractivity contribution in [3.05, 3.63) is 65.5 Å². The molecule has 0 saturated carbocycles. The maximum Gasteiger partial charge on any atom is 0.242 e. The van der Waals surface area contributed by atoms with E-state index in [0.717, 1.165) is 27.7 Å². The molecule has 2 aromatic carbocycles. The lowest BCUT2D eigenvalue weighted by atomic mass is 10.0. The third-order valence-corrected chi connectivity index (χ3v) is 3.53. The van der Waals surface area contributed by atoms with Gasteiger partial charge in [-0.25, -0.2) is 9.97 Å². The maximum absolute atomic E-state index is 12.2. The number of amides is 1. The fraction of sp³-hybridized carbons (Fsp3) is 0.167. The Morgan fingerprint density at radius 3 is 2.48 bits per heavy atom. The van der Waals surface area contributed by atoms with Crippen LogP contribution in [0.2, 0.25) is 0 Å². The van der Waals surface area contributed by atoms with E-state index >= 15 is 0 Å². The average molecular weight is 306 g/mol. The van der Waals surface area contributed by atoms with E-state index in [-0.39, 0.29) is 5.91 Å². The van der Waals surface area contributed by atoms with Crippen molar-refractivity contribution in [3.8, 4) is 0 Å². The summed E-state index contributed by atoms with van der Waals surface area (Å²) in [4.78, 5) is 20.6. The van der Waals surface area contributed by atoms with Crippen molar-refractivity contribution >= 4 is 22.6 Å². The summed E-state index contributed by atoms with van der Waals surface area (Å²) in [5.41, 5.74) is 8.12. The van der Waals surface area contributed by atoms with Gasteiger partial charge in [0.1, 0.15) is 0 Å². The van der Waals surface area contributed by atoms with Gasteiger partial charge in [0.05, 0.1) is 6.42 Å². The lowest BCUT2D eigenvalue weighted by molar-refractivity contribution is -0.119. The van der Waals surface area contributed by atoms with Gasteiger partial charge in [-0.2, -0.15) is 0 Å². The summed E-state index contributed by atoms with van der Waals surface area (Å²) in [6, 6.07) is 15.9. The van der Waals surface area contributed by atoms with Crippen molar-refractivity contribution in [2.45, 2.75) is 20.3 Å². The Bertz CT molecular complexity index is 835. The fourth-order valence-electron chi connectivity index (χ4n) is 2.57. The standard InChI is InChI=1S/C18H18N4O/c1-12-10-13(2)20-18(19-12)22-21-17(23)11-15-8-5-7-14-6-3-4-9-16(14)15/h3-10H,11H2,1-2H3,(H,21,23)(H,19,20,22). The Morgan fingerprint density at radius 2 is 1.70 bits per heavy atom. The predicted octanol–water partition coefficient (Wildman–Crippen LogP) is 2.93. The van der Waals surface area contributed by atoms with Crippen molar-refractivity contribution in [2.24, 2.45) is 0 Å². The van der Waals surface area contributed by atoms with Crippen LogP contribution in [0.15, 0.2) is 48.5 Å². The Kier molecular flexibility index (Phi) is 4.19. The highest BCUT2D eigenvalue weighted by Gasteiger charge is 2.07. The number of nitrogens with one attached hydrogen (secondary N) is 2. The molecule has 0 atom stereocenters. The van der Waals surface area contributed by atoms with Crippen LogP contribution >= 0.6 is 0 Å². The summed E-state index contributed by atoms with van der Waals surface area (Å²) >= 11 is 0. The van der Waals surface area contributed by atoms with Crippen molar-refractivity contribution in [1.82, 2.24) is 15.4 Å². The van der Waals surface area contributed by atoms with Crippen LogP contribution in [0.3, 0.4) is 0 Å². The van der Waals surface area contributed by atoms with Crippen LogP contribution in [0.4, 0.5) is 5.95 Å². The molecule has 0 bridgehead atoms. The van der Waals surface area contributed by atoms with E-state index in [9.17, 15) is 4.79 Å². The van der Waals surface area contributed by atoms with Crippen molar-refractivity contribution < 1.29 is 4.79 Å². The van der Waals surface area contributed by atoms with Crippen molar-refractivity contribution in [3.63, 3.8) is 0 Å². The van der Waals surface area contributed by atoms with Gasteiger partial charge in [0.25, 0.3) is 0 Å². The number of hydrogen-bond donors (Lipinski definition) is 2. The van der Waals surface area contributed by atoms with E-state index in [2.05, 4.69) is 20.8 Å². The molecule has 116 valence electrons. The summed E-state index contributed by atoms with van der Waals surface area (Å²) in [7, 11) is 0. The molecule has 2 N–H and O–H groups in total. The zero-order valence-electron chi connectivity index (χ0n) is 13.1. The van der Waals surface area contributed by atoms with Gasteiger partial charge in [0.2, 0.25) is 11.9 Å². The zero-order chi connectivity index (χ0) is 16.2. The number of benzene rings is 2. The third kappa shape index (κ3) is 3.63. The molecule has 1 heterocycles. The molecule has 1 amide bonds. The quantitative estimate of drug-likeness (QED) is 0.727. The van der Waals surface area contributed by atoms with Gasteiger partial charge in [-0.15, -0.1) is 0 Å². The largest absolute Gasteiger partial charge is 0.273 e. The molecule has 0 unspecified atom stereocenters. The molecule has 0 aliphatic rings. The topological polar surface area (TPSA) is 66.9 Å². The van der Waals surface area contributed by atoms with E-state index in [4.69, 9.17) is 0 Å². The number of aromatic nitrogens is 2. The molecule has 5 heteroatoms. The zero-order valence-corrected chi connectivity index (χ0v) is 13.1. The first-order chi connectivity index (χ1) is 11.1. The molecule has 3 rings (SSSR count). The molecule has 0 spiro atoms. The number of carbonyl (C=O) groups excluding carboxylic acids is 1. The minimum atomic E-state index is -0.135. The van der Waals surface area contributed by atoms with Crippen LogP contribution in [-0.2, 0) is 11.2 Å². The number of hydrogen-bond acceptors (Lipinski definition) is 4. The van der Waals surface area contributed by atoms with E-state index in [1.165, 1.54) is 0 Å². The number of hydrazine groups is 1. The van der Waals surface area contributed by atoms with E-state index < -0.39 is 0 Å². The second-order valence-electron chi connectivity index (χ2n) is 5.46. The maximum atomic E-state index is 12.2. The predicted molar refractivity (Wildman–Crippen MR) is 90.9 cm³/mol. The first-order valence-corrected chi connectivity index (χ1v) is 7.45. The number of aryl methyl sites for hydroxylation is 2. The number of rotatable bonds is 4. The van der Waals surface area contributed by atoms with Crippen LogP contribution in [0.5, 0.6) is 0 Å². The number of anilines is 1. The van der Waals surface area contributed by atoms with Crippen LogP contribution in [0.25, 0.3) is 10.8 Å². The lowest BCUT2D eigenvalue weighted by Gasteiger charge is -2.09. The van der Waals surface area contributed by atoms with E-state index in [0.29, 0.717) is 12.4 Å². The number of nitrogens with zero attached hydrogens (tertiary/aromatic N) is 2. The van der Waals surface area contributed by atoms with Gasteiger partial charge >= 0.3 is 0 Å². The molecular weight excluding hydrogens is 288 g/mol. The Labute approximate surface area is 134 Å². The third-order valence-electron chi connectivity index (χ3n) is 3.53. The molecule has 0 aliphatic heterocycles. The average Bonchev–Trinajstić information content (AvgIpc) is 2.52. The fourth-order valence-corrected chi connectivity index (χ4v) is 2.57. The molecule has 5 nitrogen and oxygen atoms in total. The second-order valence-corrected chi connectivity index (χ2v) is 5.46. The highest BCUT2D eigenvalue weighted by molar-refractivity contribution is 5.90. The Hall–Kier alpha value is -2.95. The van der Waals surface area contributed by atoms with Crippen molar-refractivity contribution in [1.29, 1.82) is 0 Å². The molecule has 1 aromatic heterocycles. The second kappa shape index (κ2) is 6.44. The summed E-state index contributed by atoms with van der Waals surface area (Å²) < 4.78 is 0. The Balaban J connectivity index is 1.69. The van der Waals surface area contributed by atoms with Gasteiger partial charge in [-0.1, -0.05) is 42.5 Å². The SMILES string of the molecule is Cc1cc(C)nc(NNC(=O)Cc2cccc3ccccc23)n1. The van der Waals surface area contributed by atoms with Gasteiger partial charge in [0, 0.05) is 11.4 Å². The number of carbonyl (C=O) groups is 1. The summed E-state index contributed by atoms with van der Waals surface area (Å²) in [5, 5.41) is 2.22. The first kappa shape index (κ1) is 15.0. The smallest absolute Gasteiger partial charge is 0.242 e. The van der Waals surface area contributed by atoms with Gasteiger partial charge in [-0.05, 0) is 36.2 Å². The van der Waals surface area contributed by atoms with Gasteiger partial charge in [-0.3, -0.25) is 15.6 Å². The lowest BCUT2D eigenvalue weighted by Crippen LogP contribution is -2.31. The minimum Gasteiger partial charge on any atom is -0.273 e. The van der Waals surface area contributed by atoms with Crippen LogP contribution in [0.1, 0.15) is 17.0 Å². The summed E-state index contributed by atoms with van der Waals surface area (Å²) in [6.45, 7) is 3.77. The molecule has 0 radical (unpaired) electrons. The first-order valence-electron chi connectivity index (χ1n) is 7.45. The summed E-state index contributed by atoms with van der Waals surface area (Å²) in [6.07, 6.45) is 0.291. The molecular formula is C18H18N4O. The molecule has 23 heavy (non-hydrogen) atoms. The monoisotopic (exact) mass is 306 g/mol. The Morgan fingerprint density at radius 1 is 1.00 bits per heavy atom. The molecule has 0 aliphatic carbocycles. The van der Waals surface area contributed by atoms with Crippen molar-refractivity contribution in [2.75, 3.05) is 5.43 Å². The van der Waals surface area contributed by atoms with Crippen LogP contribution < -0.4 is 10.9 Å². The van der Waals surface area contributed by atoms with Crippen LogP contribution in [-0.4, -0.2) is 15.9 Å². The molecule has 0 saturated heterocycles.